The lowest BCUT2D eigenvalue weighted by atomic mass is 9.83. The zero-order valence-corrected chi connectivity index (χ0v) is 9.33. The van der Waals surface area contributed by atoms with E-state index in [0.29, 0.717) is 11.7 Å². The van der Waals surface area contributed by atoms with Crippen LogP contribution in [0.25, 0.3) is 0 Å². The summed E-state index contributed by atoms with van der Waals surface area (Å²) >= 11 is 0. The van der Waals surface area contributed by atoms with E-state index in [9.17, 15) is 4.79 Å². The molecule has 0 heterocycles. The van der Waals surface area contributed by atoms with Gasteiger partial charge in [0.15, 0.2) is 0 Å². The number of aryl methyl sites for hydroxylation is 1. The van der Waals surface area contributed by atoms with Gasteiger partial charge in [0.05, 0.1) is 0 Å². The maximum Gasteiger partial charge on any atom is 0.132 e. The lowest BCUT2D eigenvalue weighted by molar-refractivity contribution is -0.120. The Hall–Kier alpha value is -1.11. The largest absolute Gasteiger partial charge is 0.300 e. The van der Waals surface area contributed by atoms with Crippen molar-refractivity contribution in [3.63, 3.8) is 0 Å². The topological polar surface area (TPSA) is 17.1 Å². The normalized spacial score (nSPS) is 18.1. The second-order valence-electron chi connectivity index (χ2n) is 4.41. The minimum atomic E-state index is 0.442. The van der Waals surface area contributed by atoms with Gasteiger partial charge >= 0.3 is 0 Å². The van der Waals surface area contributed by atoms with Crippen LogP contribution in [0.4, 0.5) is 0 Å². The zero-order chi connectivity index (χ0) is 10.7. The SMILES string of the molecule is CCc1cccc(C2CCC(=O)CC2)c1. The smallest absolute Gasteiger partial charge is 0.132 e. The molecule has 1 aromatic rings. The van der Waals surface area contributed by atoms with Crippen LogP contribution >= 0.6 is 0 Å². The van der Waals surface area contributed by atoms with Crippen LogP contribution in [-0.4, -0.2) is 5.78 Å². The predicted octanol–water partition coefficient (Wildman–Crippen LogP) is 3.48. The molecule has 15 heavy (non-hydrogen) atoms. The van der Waals surface area contributed by atoms with Crippen LogP contribution in [0.1, 0.15) is 49.7 Å². The van der Waals surface area contributed by atoms with Gasteiger partial charge in [-0.05, 0) is 36.3 Å². The Morgan fingerprint density at radius 1 is 1.27 bits per heavy atom. The molecule has 0 saturated heterocycles. The third kappa shape index (κ3) is 2.47. The molecule has 1 saturated carbocycles. The summed E-state index contributed by atoms with van der Waals surface area (Å²) in [5.41, 5.74) is 2.84. The molecular weight excluding hydrogens is 184 g/mol. The number of carbonyl (C=O) groups is 1. The summed E-state index contributed by atoms with van der Waals surface area (Å²) in [5.74, 6) is 1.06. The monoisotopic (exact) mass is 202 g/mol. The lowest BCUT2D eigenvalue weighted by Gasteiger charge is -2.21. The second-order valence-corrected chi connectivity index (χ2v) is 4.41. The van der Waals surface area contributed by atoms with Crippen molar-refractivity contribution in [2.24, 2.45) is 0 Å². The van der Waals surface area contributed by atoms with Gasteiger partial charge in [-0.2, -0.15) is 0 Å². The molecule has 0 unspecified atom stereocenters. The molecule has 0 N–H and O–H groups in total. The Kier molecular flexibility index (Phi) is 3.20. The summed E-state index contributed by atoms with van der Waals surface area (Å²) in [7, 11) is 0. The highest BCUT2D eigenvalue weighted by Gasteiger charge is 2.19. The molecule has 0 amide bonds. The molecule has 0 atom stereocenters. The molecule has 1 fully saturated rings. The quantitative estimate of drug-likeness (QED) is 0.717. The standard InChI is InChI=1S/C14H18O/c1-2-11-4-3-5-13(10-11)12-6-8-14(15)9-7-12/h3-5,10,12H,2,6-9H2,1H3. The number of hydrogen-bond acceptors (Lipinski definition) is 1. The Bertz CT molecular complexity index is 344. The van der Waals surface area contributed by atoms with Crippen molar-refractivity contribution >= 4 is 5.78 Å². The number of Topliss-reactive ketones (excluding diaryl/α,β-unsaturated/α-hetero) is 1. The Morgan fingerprint density at radius 3 is 2.67 bits per heavy atom. The minimum absolute atomic E-state index is 0.442. The average Bonchev–Trinajstić information content (AvgIpc) is 2.30. The summed E-state index contributed by atoms with van der Waals surface area (Å²) < 4.78 is 0. The fourth-order valence-electron chi connectivity index (χ4n) is 2.34. The number of carbonyl (C=O) groups excluding carboxylic acids is 1. The Morgan fingerprint density at radius 2 is 2.00 bits per heavy atom. The van der Waals surface area contributed by atoms with E-state index in [2.05, 4.69) is 31.2 Å². The summed E-state index contributed by atoms with van der Waals surface area (Å²) in [6, 6.07) is 8.84. The van der Waals surface area contributed by atoms with Gasteiger partial charge in [-0.25, -0.2) is 0 Å². The van der Waals surface area contributed by atoms with E-state index >= 15 is 0 Å². The fraction of sp³-hybridized carbons (Fsp3) is 0.500. The summed E-state index contributed by atoms with van der Waals surface area (Å²) in [6.07, 6.45) is 4.75. The highest BCUT2D eigenvalue weighted by atomic mass is 16.1. The maximum absolute atomic E-state index is 11.2. The molecule has 2 rings (SSSR count). The van der Waals surface area contributed by atoms with Crippen LogP contribution in [0.2, 0.25) is 0 Å². The number of ketones is 1. The Labute approximate surface area is 91.5 Å². The Balaban J connectivity index is 2.11. The molecule has 1 aliphatic carbocycles. The van der Waals surface area contributed by atoms with E-state index in [1.54, 1.807) is 0 Å². The van der Waals surface area contributed by atoms with Crippen molar-refractivity contribution in [3.8, 4) is 0 Å². The van der Waals surface area contributed by atoms with E-state index in [1.165, 1.54) is 11.1 Å². The van der Waals surface area contributed by atoms with Crippen molar-refractivity contribution < 1.29 is 4.79 Å². The summed E-state index contributed by atoms with van der Waals surface area (Å²) in [5, 5.41) is 0. The molecule has 0 spiro atoms. The van der Waals surface area contributed by atoms with Gasteiger partial charge in [-0.3, -0.25) is 4.79 Å². The third-order valence-corrected chi connectivity index (χ3v) is 3.37. The highest BCUT2D eigenvalue weighted by molar-refractivity contribution is 5.79. The predicted molar refractivity (Wildman–Crippen MR) is 62.0 cm³/mol. The van der Waals surface area contributed by atoms with Crippen LogP contribution in [0, 0.1) is 0 Å². The molecule has 0 aliphatic heterocycles. The van der Waals surface area contributed by atoms with Gasteiger partial charge in [0, 0.05) is 12.8 Å². The van der Waals surface area contributed by atoms with Crippen LogP contribution in [0.5, 0.6) is 0 Å². The van der Waals surface area contributed by atoms with E-state index in [4.69, 9.17) is 0 Å². The molecule has 0 bridgehead atoms. The van der Waals surface area contributed by atoms with Crippen LogP contribution < -0.4 is 0 Å². The van der Waals surface area contributed by atoms with E-state index < -0.39 is 0 Å². The first-order valence-corrected chi connectivity index (χ1v) is 5.90. The van der Waals surface area contributed by atoms with Gasteiger partial charge in [0.2, 0.25) is 0 Å². The maximum atomic E-state index is 11.2. The van der Waals surface area contributed by atoms with Crippen molar-refractivity contribution in [1.82, 2.24) is 0 Å². The molecule has 1 nitrogen and oxygen atoms in total. The molecule has 1 aliphatic rings. The first-order chi connectivity index (χ1) is 7.29. The van der Waals surface area contributed by atoms with E-state index in [1.807, 2.05) is 0 Å². The van der Waals surface area contributed by atoms with Gasteiger partial charge < -0.3 is 0 Å². The zero-order valence-electron chi connectivity index (χ0n) is 9.33. The summed E-state index contributed by atoms with van der Waals surface area (Å²) in [6.45, 7) is 2.18. The molecule has 1 heteroatoms. The van der Waals surface area contributed by atoms with Gasteiger partial charge in [-0.1, -0.05) is 31.2 Å². The van der Waals surface area contributed by atoms with Crippen molar-refractivity contribution in [2.75, 3.05) is 0 Å². The first kappa shape index (κ1) is 10.4. The first-order valence-electron chi connectivity index (χ1n) is 5.90. The molecular formula is C14H18O. The minimum Gasteiger partial charge on any atom is -0.300 e. The second kappa shape index (κ2) is 4.61. The van der Waals surface area contributed by atoms with E-state index in [-0.39, 0.29) is 0 Å². The third-order valence-electron chi connectivity index (χ3n) is 3.37. The summed E-state index contributed by atoms with van der Waals surface area (Å²) in [4.78, 5) is 11.2. The number of rotatable bonds is 2. The highest BCUT2D eigenvalue weighted by Crippen LogP contribution is 2.31. The molecule has 0 aromatic heterocycles. The van der Waals surface area contributed by atoms with Crippen molar-refractivity contribution in [2.45, 2.75) is 44.9 Å². The van der Waals surface area contributed by atoms with Crippen LogP contribution in [0.15, 0.2) is 24.3 Å². The molecule has 80 valence electrons. The van der Waals surface area contributed by atoms with Crippen molar-refractivity contribution in [3.05, 3.63) is 35.4 Å². The van der Waals surface area contributed by atoms with Gasteiger partial charge in [0.25, 0.3) is 0 Å². The average molecular weight is 202 g/mol. The molecule has 1 aromatic carbocycles. The van der Waals surface area contributed by atoms with Crippen molar-refractivity contribution in [1.29, 1.82) is 0 Å². The van der Waals surface area contributed by atoms with E-state index in [0.717, 1.165) is 32.1 Å². The fourth-order valence-corrected chi connectivity index (χ4v) is 2.34. The van der Waals surface area contributed by atoms with Crippen LogP contribution in [0.3, 0.4) is 0 Å². The van der Waals surface area contributed by atoms with Crippen LogP contribution in [-0.2, 0) is 11.2 Å². The number of benzene rings is 1. The molecule has 0 radical (unpaired) electrons. The van der Waals surface area contributed by atoms with Gasteiger partial charge in [-0.15, -0.1) is 0 Å². The van der Waals surface area contributed by atoms with Gasteiger partial charge in [0.1, 0.15) is 5.78 Å². The number of hydrogen-bond donors (Lipinski definition) is 0. The lowest BCUT2D eigenvalue weighted by Crippen LogP contribution is -2.12.